The van der Waals surface area contributed by atoms with Crippen LogP contribution in [0.3, 0.4) is 0 Å². The molecule has 0 saturated heterocycles. The summed E-state index contributed by atoms with van der Waals surface area (Å²) in [4.78, 5) is 11.7. The predicted molar refractivity (Wildman–Crippen MR) is 74.8 cm³/mol. The lowest BCUT2D eigenvalue weighted by Gasteiger charge is -2.09. The number of carbonyl (C=O) groups is 1. The van der Waals surface area contributed by atoms with Crippen LogP contribution in [-0.4, -0.2) is 12.5 Å². The second-order valence-corrected chi connectivity index (χ2v) is 4.29. The molecule has 3 N–H and O–H groups in total. The van der Waals surface area contributed by atoms with E-state index in [-0.39, 0.29) is 0 Å². The zero-order valence-electron chi connectivity index (χ0n) is 11.1. The number of nitrogens with two attached hydrogens (primary N) is 1. The quantitative estimate of drug-likeness (QED) is 0.889. The van der Waals surface area contributed by atoms with Crippen LogP contribution in [0, 0.1) is 11.6 Å². The Morgan fingerprint density at radius 1 is 1.14 bits per heavy atom. The third-order valence-corrected chi connectivity index (χ3v) is 2.71. The average molecular weight is 292 g/mol. The van der Waals surface area contributed by atoms with Gasteiger partial charge >= 0.3 is 0 Å². The highest BCUT2D eigenvalue weighted by Gasteiger charge is 2.12. The third-order valence-electron chi connectivity index (χ3n) is 2.71. The number of amides is 1. The van der Waals surface area contributed by atoms with Crippen molar-refractivity contribution in [2.45, 2.75) is 6.54 Å². The number of hydrogen-bond acceptors (Lipinski definition) is 3. The molecule has 0 fully saturated rings. The highest BCUT2D eigenvalue weighted by atomic mass is 19.1. The molecule has 0 saturated carbocycles. The molecule has 0 bridgehead atoms. The molecule has 6 heteroatoms. The summed E-state index contributed by atoms with van der Waals surface area (Å²) in [5.41, 5.74) is 6.89. The summed E-state index contributed by atoms with van der Waals surface area (Å²) in [6, 6.07) is 10.3. The Hall–Kier alpha value is -2.47. The summed E-state index contributed by atoms with van der Waals surface area (Å²) >= 11 is 0. The normalized spacial score (nSPS) is 10.2. The number of ether oxygens (including phenoxy) is 1. The first-order chi connectivity index (χ1) is 10.1. The summed E-state index contributed by atoms with van der Waals surface area (Å²) in [7, 11) is 0. The van der Waals surface area contributed by atoms with Crippen LogP contribution in [-0.2, 0) is 11.3 Å². The highest BCUT2D eigenvalue weighted by Crippen LogP contribution is 2.20. The molecule has 0 aliphatic carbocycles. The Labute approximate surface area is 120 Å². The van der Waals surface area contributed by atoms with Crippen molar-refractivity contribution in [2.24, 2.45) is 5.73 Å². The lowest BCUT2D eigenvalue weighted by atomic mass is 10.2. The molecule has 2 aromatic carbocycles. The number of anilines is 1. The van der Waals surface area contributed by atoms with Crippen molar-refractivity contribution < 1.29 is 18.3 Å². The van der Waals surface area contributed by atoms with E-state index in [2.05, 4.69) is 5.32 Å². The van der Waals surface area contributed by atoms with Gasteiger partial charge < -0.3 is 15.8 Å². The van der Waals surface area contributed by atoms with E-state index < -0.39 is 29.9 Å². The fourth-order valence-electron chi connectivity index (χ4n) is 1.73. The molecule has 0 spiro atoms. The summed E-state index contributed by atoms with van der Waals surface area (Å²) < 4.78 is 31.5. The molecule has 2 aromatic rings. The zero-order valence-corrected chi connectivity index (χ0v) is 11.1. The molecule has 110 valence electrons. The molecule has 2 rings (SSSR count). The molecular formula is C15H14F2N2O2. The van der Waals surface area contributed by atoms with Crippen LogP contribution in [0.15, 0.2) is 42.5 Å². The smallest absolute Gasteiger partial charge is 0.262 e. The van der Waals surface area contributed by atoms with E-state index in [4.69, 9.17) is 10.5 Å². The molecule has 21 heavy (non-hydrogen) atoms. The second kappa shape index (κ2) is 6.81. The van der Waals surface area contributed by atoms with Crippen molar-refractivity contribution in [3.8, 4) is 5.75 Å². The van der Waals surface area contributed by atoms with Gasteiger partial charge in [0.1, 0.15) is 0 Å². The van der Waals surface area contributed by atoms with Gasteiger partial charge in [0, 0.05) is 12.2 Å². The fraction of sp³-hybridized carbons (Fsp3) is 0.133. The molecule has 0 aromatic heterocycles. The predicted octanol–water partition coefficient (Wildman–Crippen LogP) is 2.44. The van der Waals surface area contributed by atoms with Crippen molar-refractivity contribution >= 4 is 11.6 Å². The molecule has 1 amide bonds. The Balaban J connectivity index is 1.96. The van der Waals surface area contributed by atoms with E-state index in [0.29, 0.717) is 12.2 Å². The molecule has 0 radical (unpaired) electrons. The van der Waals surface area contributed by atoms with E-state index in [1.165, 1.54) is 6.07 Å². The van der Waals surface area contributed by atoms with E-state index in [9.17, 15) is 13.6 Å². The number of nitrogens with one attached hydrogen (secondary N) is 1. The molecule has 0 unspecified atom stereocenters. The summed E-state index contributed by atoms with van der Waals surface area (Å²) in [6.45, 7) is -0.147. The standard InChI is InChI=1S/C15H14F2N2O2/c16-12-5-2-6-13(17)15(12)21-9-14(20)19-11-4-1-3-10(7-11)8-18/h1-7H,8-9,18H2,(H,19,20). The minimum atomic E-state index is -0.854. The molecule has 0 atom stereocenters. The van der Waals surface area contributed by atoms with Crippen molar-refractivity contribution in [3.63, 3.8) is 0 Å². The van der Waals surface area contributed by atoms with Gasteiger partial charge in [0.05, 0.1) is 0 Å². The lowest BCUT2D eigenvalue weighted by Crippen LogP contribution is -2.21. The number of rotatable bonds is 5. The maximum Gasteiger partial charge on any atom is 0.262 e. The van der Waals surface area contributed by atoms with Crippen LogP contribution in [0.1, 0.15) is 5.56 Å². The van der Waals surface area contributed by atoms with Gasteiger partial charge in [0.25, 0.3) is 5.91 Å². The first kappa shape index (κ1) is 14.9. The molecule has 0 aliphatic heterocycles. The maximum atomic E-state index is 13.3. The Morgan fingerprint density at radius 3 is 2.48 bits per heavy atom. The Morgan fingerprint density at radius 2 is 1.81 bits per heavy atom. The minimum Gasteiger partial charge on any atom is -0.478 e. The van der Waals surface area contributed by atoms with Crippen molar-refractivity contribution in [1.29, 1.82) is 0 Å². The fourth-order valence-corrected chi connectivity index (χ4v) is 1.73. The van der Waals surface area contributed by atoms with Gasteiger partial charge in [-0.15, -0.1) is 0 Å². The van der Waals surface area contributed by atoms with E-state index in [0.717, 1.165) is 17.7 Å². The minimum absolute atomic E-state index is 0.348. The maximum absolute atomic E-state index is 13.3. The van der Waals surface area contributed by atoms with Gasteiger partial charge in [0.15, 0.2) is 24.0 Å². The van der Waals surface area contributed by atoms with Gasteiger partial charge in [0.2, 0.25) is 0 Å². The van der Waals surface area contributed by atoms with Crippen molar-refractivity contribution in [2.75, 3.05) is 11.9 Å². The van der Waals surface area contributed by atoms with Crippen LogP contribution in [0.5, 0.6) is 5.75 Å². The van der Waals surface area contributed by atoms with Gasteiger partial charge in [-0.05, 0) is 29.8 Å². The topological polar surface area (TPSA) is 64.3 Å². The van der Waals surface area contributed by atoms with Crippen LogP contribution in [0.2, 0.25) is 0 Å². The highest BCUT2D eigenvalue weighted by molar-refractivity contribution is 5.91. The van der Waals surface area contributed by atoms with E-state index in [1.54, 1.807) is 18.2 Å². The molecule has 4 nitrogen and oxygen atoms in total. The van der Waals surface area contributed by atoms with Crippen molar-refractivity contribution in [3.05, 3.63) is 59.7 Å². The largest absolute Gasteiger partial charge is 0.478 e. The number of benzene rings is 2. The number of hydrogen-bond donors (Lipinski definition) is 2. The van der Waals surface area contributed by atoms with Crippen LogP contribution < -0.4 is 15.8 Å². The first-order valence-electron chi connectivity index (χ1n) is 6.26. The van der Waals surface area contributed by atoms with Gasteiger partial charge in [-0.2, -0.15) is 0 Å². The summed E-state index contributed by atoms with van der Waals surface area (Å²) in [6.07, 6.45) is 0. The second-order valence-electron chi connectivity index (χ2n) is 4.29. The third kappa shape index (κ3) is 4.00. The van der Waals surface area contributed by atoms with Gasteiger partial charge in [-0.1, -0.05) is 18.2 Å². The number of halogens is 2. The Bertz CT molecular complexity index is 627. The molecule has 0 heterocycles. The van der Waals surface area contributed by atoms with Crippen molar-refractivity contribution in [1.82, 2.24) is 0 Å². The molecular weight excluding hydrogens is 278 g/mol. The van der Waals surface area contributed by atoms with E-state index >= 15 is 0 Å². The monoisotopic (exact) mass is 292 g/mol. The SMILES string of the molecule is NCc1cccc(NC(=O)COc2c(F)cccc2F)c1. The molecule has 0 aliphatic rings. The zero-order chi connectivity index (χ0) is 15.2. The van der Waals surface area contributed by atoms with Crippen LogP contribution in [0.25, 0.3) is 0 Å². The van der Waals surface area contributed by atoms with Crippen LogP contribution in [0.4, 0.5) is 14.5 Å². The Kier molecular flexibility index (Phi) is 4.84. The van der Waals surface area contributed by atoms with Gasteiger partial charge in [-0.25, -0.2) is 8.78 Å². The average Bonchev–Trinajstić information content (AvgIpc) is 2.47. The van der Waals surface area contributed by atoms with E-state index in [1.807, 2.05) is 6.07 Å². The first-order valence-corrected chi connectivity index (χ1v) is 6.26. The summed E-state index contributed by atoms with van der Waals surface area (Å²) in [5, 5.41) is 2.56. The van der Waals surface area contributed by atoms with Crippen LogP contribution >= 0.6 is 0 Å². The number of para-hydroxylation sites is 1. The summed E-state index contributed by atoms with van der Waals surface area (Å²) in [5.74, 6) is -2.80. The number of carbonyl (C=O) groups excluding carboxylic acids is 1. The van der Waals surface area contributed by atoms with Gasteiger partial charge in [-0.3, -0.25) is 4.79 Å². The lowest BCUT2D eigenvalue weighted by molar-refractivity contribution is -0.118.